The topological polar surface area (TPSA) is 117 Å². The number of pyridine rings is 1. The fraction of sp³-hybridized carbons (Fsp3) is 0.200. The van der Waals surface area contributed by atoms with Gasteiger partial charge in [-0.3, -0.25) is 19.0 Å². The Balaban J connectivity index is 1.51. The van der Waals surface area contributed by atoms with Gasteiger partial charge in [0.1, 0.15) is 5.69 Å². The van der Waals surface area contributed by atoms with E-state index in [1.54, 1.807) is 47.4 Å². The summed E-state index contributed by atoms with van der Waals surface area (Å²) in [5.41, 5.74) is 1.71. The number of benzene rings is 3. The molecule has 9 heteroatoms. The third-order valence-electron chi connectivity index (χ3n) is 7.17. The van der Waals surface area contributed by atoms with E-state index in [4.69, 9.17) is 0 Å². The number of carbonyl (C=O) groups excluding carboxylic acids is 1. The minimum Gasteiger partial charge on any atom is -0.481 e. The van der Waals surface area contributed by atoms with E-state index in [2.05, 4.69) is 15.9 Å². The van der Waals surface area contributed by atoms with Crippen molar-refractivity contribution in [1.82, 2.24) is 9.47 Å². The molecular formula is C30H25BrN2O6. The van der Waals surface area contributed by atoms with Gasteiger partial charge in [0.2, 0.25) is 0 Å². The minimum absolute atomic E-state index is 0.00474. The Kier molecular flexibility index (Phi) is 7.34. The number of carboxylic acids is 2. The largest absolute Gasteiger partial charge is 0.481 e. The van der Waals surface area contributed by atoms with Gasteiger partial charge in [0.05, 0.1) is 12.5 Å². The van der Waals surface area contributed by atoms with Crippen molar-refractivity contribution in [2.24, 2.45) is 5.92 Å². The average Bonchev–Trinajstić information content (AvgIpc) is 2.94. The highest BCUT2D eigenvalue weighted by Crippen LogP contribution is 2.33. The maximum absolute atomic E-state index is 13.6. The molecule has 0 bridgehead atoms. The number of fused-ring (bicyclic) bond motifs is 1. The number of likely N-dealkylation sites (tertiary alicyclic amines) is 1. The van der Waals surface area contributed by atoms with Crippen LogP contribution in [0.3, 0.4) is 0 Å². The molecule has 0 aliphatic carbocycles. The second kappa shape index (κ2) is 10.9. The van der Waals surface area contributed by atoms with Gasteiger partial charge in [0, 0.05) is 34.1 Å². The van der Waals surface area contributed by atoms with Crippen LogP contribution < -0.4 is 5.56 Å². The number of aromatic nitrogens is 1. The number of piperidine rings is 1. The molecule has 0 atom stereocenters. The fourth-order valence-electron chi connectivity index (χ4n) is 5.14. The monoisotopic (exact) mass is 588 g/mol. The van der Waals surface area contributed by atoms with Gasteiger partial charge in [0.25, 0.3) is 11.5 Å². The van der Waals surface area contributed by atoms with Gasteiger partial charge >= 0.3 is 11.9 Å². The van der Waals surface area contributed by atoms with E-state index in [1.165, 1.54) is 4.57 Å². The molecule has 1 saturated heterocycles. The Hall–Kier alpha value is -4.24. The van der Waals surface area contributed by atoms with E-state index in [-0.39, 0.29) is 18.1 Å². The first-order valence-corrected chi connectivity index (χ1v) is 13.3. The summed E-state index contributed by atoms with van der Waals surface area (Å²) in [5, 5.41) is 20.4. The number of nitrogens with zero attached hydrogens (tertiary/aromatic N) is 2. The maximum Gasteiger partial charge on any atom is 0.353 e. The molecule has 1 aliphatic heterocycles. The molecule has 0 radical (unpaired) electrons. The third-order valence-corrected chi connectivity index (χ3v) is 7.66. The highest BCUT2D eigenvalue weighted by molar-refractivity contribution is 9.10. The van der Waals surface area contributed by atoms with Crippen LogP contribution in [-0.2, 0) is 11.3 Å². The van der Waals surface area contributed by atoms with Crippen LogP contribution in [0, 0.1) is 5.92 Å². The van der Waals surface area contributed by atoms with Gasteiger partial charge in [-0.25, -0.2) is 4.79 Å². The lowest BCUT2D eigenvalue weighted by atomic mass is 9.96. The SMILES string of the molecule is O=C(O)c1c(-c2ccccc2)c2cc(Br)ccc2c(=O)n1Cc1ccc(C(=O)N2CCC(C(=O)O)CC2)cc1. The molecule has 198 valence electrons. The number of halogens is 1. The second-order valence-corrected chi connectivity index (χ2v) is 10.5. The van der Waals surface area contributed by atoms with Crippen LogP contribution in [0.2, 0.25) is 0 Å². The quantitative estimate of drug-likeness (QED) is 0.323. The molecule has 0 spiro atoms. The van der Waals surface area contributed by atoms with Crippen LogP contribution in [0.25, 0.3) is 21.9 Å². The van der Waals surface area contributed by atoms with E-state index in [0.717, 1.165) is 4.47 Å². The standard InChI is InChI=1S/C30H25BrN2O6/c31-22-10-11-23-24(16-22)25(19-4-2-1-3-5-19)26(30(38)39)33(28(23)35)17-18-6-8-20(9-7-18)27(34)32-14-12-21(13-15-32)29(36)37/h1-11,16,21H,12-15,17H2,(H,36,37)(H,38,39). The molecule has 0 unspecified atom stereocenters. The molecule has 2 N–H and O–H groups in total. The summed E-state index contributed by atoms with van der Waals surface area (Å²) in [6.07, 6.45) is 0.838. The van der Waals surface area contributed by atoms with Gasteiger partial charge in [-0.15, -0.1) is 0 Å². The number of hydrogen-bond acceptors (Lipinski definition) is 4. The molecule has 39 heavy (non-hydrogen) atoms. The number of carbonyl (C=O) groups is 3. The summed E-state index contributed by atoms with van der Waals surface area (Å²) in [6, 6.07) is 21.0. The van der Waals surface area contributed by atoms with E-state index < -0.39 is 23.4 Å². The van der Waals surface area contributed by atoms with E-state index in [0.29, 0.717) is 59.0 Å². The highest BCUT2D eigenvalue weighted by atomic mass is 79.9. The van der Waals surface area contributed by atoms with Crippen molar-refractivity contribution in [2.75, 3.05) is 13.1 Å². The van der Waals surface area contributed by atoms with Crippen LogP contribution in [0.15, 0.2) is 82.1 Å². The second-order valence-electron chi connectivity index (χ2n) is 9.58. The molecule has 4 aromatic rings. The summed E-state index contributed by atoms with van der Waals surface area (Å²) in [6.45, 7) is 0.763. The van der Waals surface area contributed by atoms with Crippen molar-refractivity contribution < 1.29 is 24.6 Å². The number of aromatic carboxylic acids is 1. The fourth-order valence-corrected chi connectivity index (χ4v) is 5.50. The van der Waals surface area contributed by atoms with E-state index in [1.807, 2.05) is 30.3 Å². The molecule has 8 nitrogen and oxygen atoms in total. The summed E-state index contributed by atoms with van der Waals surface area (Å²) < 4.78 is 2.00. The van der Waals surface area contributed by atoms with Gasteiger partial charge in [-0.2, -0.15) is 0 Å². The maximum atomic E-state index is 13.6. The van der Waals surface area contributed by atoms with Crippen molar-refractivity contribution >= 4 is 44.5 Å². The predicted molar refractivity (Wildman–Crippen MR) is 150 cm³/mol. The van der Waals surface area contributed by atoms with Crippen molar-refractivity contribution in [2.45, 2.75) is 19.4 Å². The van der Waals surface area contributed by atoms with Crippen LogP contribution in [0.4, 0.5) is 0 Å². The number of rotatable bonds is 6. The number of aliphatic carboxylic acids is 1. The molecule has 5 rings (SSSR count). The van der Waals surface area contributed by atoms with Crippen LogP contribution in [-0.4, -0.2) is 50.6 Å². The molecule has 2 heterocycles. The van der Waals surface area contributed by atoms with Gasteiger partial charge in [-0.05, 0) is 59.7 Å². The van der Waals surface area contributed by atoms with Crippen molar-refractivity contribution in [3.8, 4) is 11.1 Å². The lowest BCUT2D eigenvalue weighted by Gasteiger charge is -2.30. The van der Waals surface area contributed by atoms with Gasteiger partial charge in [0.15, 0.2) is 0 Å². The van der Waals surface area contributed by atoms with Crippen molar-refractivity contribution in [1.29, 1.82) is 0 Å². The summed E-state index contributed by atoms with van der Waals surface area (Å²) >= 11 is 3.44. The predicted octanol–water partition coefficient (Wildman–Crippen LogP) is 5.11. The Labute approximate surface area is 232 Å². The summed E-state index contributed by atoms with van der Waals surface area (Å²) in [4.78, 5) is 52.0. The molecule has 1 aromatic heterocycles. The van der Waals surface area contributed by atoms with Gasteiger partial charge in [-0.1, -0.05) is 58.4 Å². The first-order chi connectivity index (χ1) is 18.7. The summed E-state index contributed by atoms with van der Waals surface area (Å²) in [7, 11) is 0. The first-order valence-electron chi connectivity index (χ1n) is 12.5. The molecule has 1 aliphatic rings. The smallest absolute Gasteiger partial charge is 0.353 e. The molecule has 1 fully saturated rings. The Bertz CT molecular complexity index is 1640. The molecular weight excluding hydrogens is 564 g/mol. The van der Waals surface area contributed by atoms with Crippen LogP contribution >= 0.6 is 15.9 Å². The third kappa shape index (κ3) is 5.22. The van der Waals surface area contributed by atoms with Crippen molar-refractivity contribution in [3.05, 3.63) is 104 Å². The van der Waals surface area contributed by atoms with Gasteiger partial charge < -0.3 is 15.1 Å². The summed E-state index contributed by atoms with van der Waals surface area (Å²) in [5.74, 6) is -2.66. The zero-order valence-electron chi connectivity index (χ0n) is 20.8. The lowest BCUT2D eigenvalue weighted by Crippen LogP contribution is -2.40. The zero-order chi connectivity index (χ0) is 27.7. The van der Waals surface area contributed by atoms with Crippen LogP contribution in [0.1, 0.15) is 39.3 Å². The molecule has 3 aromatic carbocycles. The zero-order valence-corrected chi connectivity index (χ0v) is 22.4. The lowest BCUT2D eigenvalue weighted by molar-refractivity contribution is -0.143. The Morgan fingerprint density at radius 1 is 0.872 bits per heavy atom. The van der Waals surface area contributed by atoms with Crippen molar-refractivity contribution in [3.63, 3.8) is 0 Å². The number of carboxylic acid groups (broad SMARTS) is 2. The van der Waals surface area contributed by atoms with E-state index >= 15 is 0 Å². The first kappa shape index (κ1) is 26.4. The van der Waals surface area contributed by atoms with Crippen LogP contribution in [0.5, 0.6) is 0 Å². The average molecular weight is 589 g/mol. The molecule has 0 saturated carbocycles. The Morgan fingerprint density at radius 3 is 2.15 bits per heavy atom. The highest BCUT2D eigenvalue weighted by Gasteiger charge is 2.28. The molecule has 1 amide bonds. The normalized spacial score (nSPS) is 13.9. The minimum atomic E-state index is -1.22. The van der Waals surface area contributed by atoms with E-state index in [9.17, 15) is 29.4 Å². The Morgan fingerprint density at radius 2 is 1.54 bits per heavy atom. The number of amides is 1. The number of hydrogen-bond donors (Lipinski definition) is 2.